The molecule has 0 spiro atoms. The molecular weight excluding hydrogens is 267 g/mol. The van der Waals surface area contributed by atoms with Crippen LogP contribution < -0.4 is 10.2 Å². The Hall–Kier alpha value is -1.58. The summed E-state index contributed by atoms with van der Waals surface area (Å²) in [5, 5.41) is 3.12. The second-order valence-electron chi connectivity index (χ2n) is 5.73. The van der Waals surface area contributed by atoms with E-state index in [0.29, 0.717) is 5.69 Å². The lowest BCUT2D eigenvalue weighted by Crippen LogP contribution is -2.43. The van der Waals surface area contributed by atoms with Crippen molar-refractivity contribution in [2.75, 3.05) is 18.0 Å². The van der Waals surface area contributed by atoms with Crippen molar-refractivity contribution in [2.45, 2.75) is 45.6 Å². The quantitative estimate of drug-likeness (QED) is 0.902. The van der Waals surface area contributed by atoms with E-state index in [1.54, 1.807) is 12.1 Å². The van der Waals surface area contributed by atoms with E-state index in [4.69, 9.17) is 0 Å². The number of anilines is 1. The number of carbonyl (C=O) groups is 1. The number of hydrogen-bond acceptors (Lipinski definition) is 2. The fourth-order valence-corrected chi connectivity index (χ4v) is 2.90. The number of amides is 1. The number of nitrogens with one attached hydrogen (secondary N) is 1. The molecule has 1 amide bonds. The molecule has 4 heteroatoms. The molecule has 2 rings (SSSR count). The molecule has 1 aliphatic heterocycles. The van der Waals surface area contributed by atoms with Gasteiger partial charge in [-0.15, -0.1) is 0 Å². The van der Waals surface area contributed by atoms with Gasteiger partial charge in [0.1, 0.15) is 5.82 Å². The van der Waals surface area contributed by atoms with Crippen molar-refractivity contribution in [3.8, 4) is 0 Å². The van der Waals surface area contributed by atoms with Gasteiger partial charge in [-0.25, -0.2) is 4.39 Å². The highest BCUT2D eigenvalue weighted by molar-refractivity contribution is 5.79. The molecule has 1 aromatic carbocycles. The number of para-hydroxylation sites is 1. The predicted molar refractivity (Wildman–Crippen MR) is 83.8 cm³/mol. The Kier molecular flexibility index (Phi) is 5.59. The fourth-order valence-electron chi connectivity index (χ4n) is 2.90. The molecule has 0 atom stereocenters. The van der Waals surface area contributed by atoms with Crippen molar-refractivity contribution in [3.63, 3.8) is 0 Å². The molecule has 1 aliphatic rings. The Morgan fingerprint density at radius 2 is 1.90 bits per heavy atom. The van der Waals surface area contributed by atoms with E-state index in [2.05, 4.69) is 19.2 Å². The standard InChI is InChI=1S/C17H25FN2O/c1-3-14(4-2)19-17(21)13-9-11-20(12-10-13)16-8-6-5-7-15(16)18/h5-8,13-14H,3-4,9-12H2,1-2H3,(H,19,21). The van der Waals surface area contributed by atoms with Crippen LogP contribution in [0.25, 0.3) is 0 Å². The number of rotatable bonds is 5. The molecule has 0 unspecified atom stereocenters. The van der Waals surface area contributed by atoms with Gasteiger partial charge in [0.2, 0.25) is 5.91 Å². The average molecular weight is 292 g/mol. The summed E-state index contributed by atoms with van der Waals surface area (Å²) in [4.78, 5) is 14.3. The van der Waals surface area contributed by atoms with Crippen LogP contribution in [-0.4, -0.2) is 25.0 Å². The van der Waals surface area contributed by atoms with Crippen molar-refractivity contribution < 1.29 is 9.18 Å². The molecule has 0 radical (unpaired) electrons. The topological polar surface area (TPSA) is 32.3 Å². The van der Waals surface area contributed by atoms with Gasteiger partial charge >= 0.3 is 0 Å². The normalized spacial score (nSPS) is 16.3. The molecule has 0 bridgehead atoms. The van der Waals surface area contributed by atoms with E-state index < -0.39 is 0 Å². The first-order valence-corrected chi connectivity index (χ1v) is 7.95. The summed E-state index contributed by atoms with van der Waals surface area (Å²) in [7, 11) is 0. The molecule has 21 heavy (non-hydrogen) atoms. The van der Waals surface area contributed by atoms with Gasteiger partial charge in [0.05, 0.1) is 5.69 Å². The van der Waals surface area contributed by atoms with Crippen LogP contribution in [0.2, 0.25) is 0 Å². The SMILES string of the molecule is CCC(CC)NC(=O)C1CCN(c2ccccc2F)CC1. The number of carbonyl (C=O) groups excluding carboxylic acids is 1. The smallest absolute Gasteiger partial charge is 0.223 e. The van der Waals surface area contributed by atoms with Crippen molar-refractivity contribution >= 4 is 11.6 Å². The molecule has 1 fully saturated rings. The van der Waals surface area contributed by atoms with Crippen LogP contribution in [0.5, 0.6) is 0 Å². The lowest BCUT2D eigenvalue weighted by atomic mass is 9.95. The zero-order valence-corrected chi connectivity index (χ0v) is 12.9. The van der Waals surface area contributed by atoms with Crippen LogP contribution in [0, 0.1) is 11.7 Å². The second kappa shape index (κ2) is 7.43. The molecule has 1 heterocycles. The summed E-state index contributed by atoms with van der Waals surface area (Å²) >= 11 is 0. The van der Waals surface area contributed by atoms with E-state index >= 15 is 0 Å². The van der Waals surface area contributed by atoms with Crippen molar-refractivity contribution in [1.29, 1.82) is 0 Å². The molecule has 3 nitrogen and oxygen atoms in total. The molecule has 0 aromatic heterocycles. The third-order valence-electron chi connectivity index (χ3n) is 4.39. The number of hydrogen-bond donors (Lipinski definition) is 1. The lowest BCUT2D eigenvalue weighted by Gasteiger charge is -2.33. The zero-order chi connectivity index (χ0) is 15.2. The van der Waals surface area contributed by atoms with Crippen molar-refractivity contribution in [3.05, 3.63) is 30.1 Å². The Labute approximate surface area is 126 Å². The maximum atomic E-state index is 13.8. The third-order valence-corrected chi connectivity index (χ3v) is 4.39. The number of halogens is 1. The van der Waals surface area contributed by atoms with Crippen LogP contribution in [0.15, 0.2) is 24.3 Å². The van der Waals surface area contributed by atoms with Gasteiger partial charge in [0.15, 0.2) is 0 Å². The summed E-state index contributed by atoms with van der Waals surface area (Å²) < 4.78 is 13.8. The number of piperidine rings is 1. The van der Waals surface area contributed by atoms with Crippen LogP contribution in [0.1, 0.15) is 39.5 Å². The minimum atomic E-state index is -0.183. The molecule has 1 N–H and O–H groups in total. The van der Waals surface area contributed by atoms with Crippen LogP contribution in [-0.2, 0) is 4.79 Å². The highest BCUT2D eigenvalue weighted by atomic mass is 19.1. The highest BCUT2D eigenvalue weighted by Crippen LogP contribution is 2.25. The molecular formula is C17H25FN2O. The van der Waals surface area contributed by atoms with Gasteiger partial charge in [0, 0.05) is 25.0 Å². The number of nitrogens with zero attached hydrogens (tertiary/aromatic N) is 1. The fraction of sp³-hybridized carbons (Fsp3) is 0.588. The third kappa shape index (κ3) is 3.96. The molecule has 0 saturated carbocycles. The minimum Gasteiger partial charge on any atom is -0.369 e. The summed E-state index contributed by atoms with van der Waals surface area (Å²) in [6, 6.07) is 7.13. The van der Waals surface area contributed by atoms with E-state index in [-0.39, 0.29) is 23.7 Å². The van der Waals surface area contributed by atoms with E-state index in [0.717, 1.165) is 38.8 Å². The molecule has 1 saturated heterocycles. The van der Waals surface area contributed by atoms with Gasteiger partial charge in [-0.2, -0.15) is 0 Å². The first kappa shape index (κ1) is 15.8. The van der Waals surface area contributed by atoms with E-state index in [1.807, 2.05) is 11.0 Å². The lowest BCUT2D eigenvalue weighted by molar-refractivity contribution is -0.126. The predicted octanol–water partition coefficient (Wildman–Crippen LogP) is 3.35. The molecule has 1 aromatic rings. The van der Waals surface area contributed by atoms with Crippen LogP contribution in [0.3, 0.4) is 0 Å². The number of benzene rings is 1. The highest BCUT2D eigenvalue weighted by Gasteiger charge is 2.26. The first-order valence-electron chi connectivity index (χ1n) is 7.95. The van der Waals surface area contributed by atoms with Gasteiger partial charge in [0.25, 0.3) is 0 Å². The van der Waals surface area contributed by atoms with Crippen molar-refractivity contribution in [1.82, 2.24) is 5.32 Å². The van der Waals surface area contributed by atoms with Crippen molar-refractivity contribution in [2.24, 2.45) is 5.92 Å². The first-order chi connectivity index (χ1) is 10.2. The maximum Gasteiger partial charge on any atom is 0.223 e. The maximum absolute atomic E-state index is 13.8. The van der Waals surface area contributed by atoms with Gasteiger partial charge < -0.3 is 10.2 Å². The zero-order valence-electron chi connectivity index (χ0n) is 12.9. The average Bonchev–Trinajstić information content (AvgIpc) is 2.53. The Morgan fingerprint density at radius 1 is 1.29 bits per heavy atom. The Balaban J connectivity index is 1.88. The Morgan fingerprint density at radius 3 is 2.48 bits per heavy atom. The molecule has 0 aliphatic carbocycles. The van der Waals surface area contributed by atoms with Gasteiger partial charge in [-0.05, 0) is 37.8 Å². The van der Waals surface area contributed by atoms with Crippen LogP contribution >= 0.6 is 0 Å². The van der Waals surface area contributed by atoms with Crippen LogP contribution in [0.4, 0.5) is 10.1 Å². The molecule has 116 valence electrons. The monoisotopic (exact) mass is 292 g/mol. The summed E-state index contributed by atoms with van der Waals surface area (Å²) in [5.41, 5.74) is 0.649. The Bertz CT molecular complexity index is 466. The summed E-state index contributed by atoms with van der Waals surface area (Å²) in [6.45, 7) is 5.66. The van der Waals surface area contributed by atoms with Gasteiger partial charge in [-0.1, -0.05) is 26.0 Å². The summed E-state index contributed by atoms with van der Waals surface area (Å²) in [5.74, 6) is 0.0444. The summed E-state index contributed by atoms with van der Waals surface area (Å²) in [6.07, 6.45) is 3.52. The van der Waals surface area contributed by atoms with E-state index in [1.165, 1.54) is 6.07 Å². The van der Waals surface area contributed by atoms with Gasteiger partial charge in [-0.3, -0.25) is 4.79 Å². The second-order valence-corrected chi connectivity index (χ2v) is 5.73. The minimum absolute atomic E-state index is 0.0635. The van der Waals surface area contributed by atoms with E-state index in [9.17, 15) is 9.18 Å². The largest absolute Gasteiger partial charge is 0.369 e.